The lowest BCUT2D eigenvalue weighted by molar-refractivity contribution is -0.117. The average molecular weight is 490 g/mol. The van der Waals surface area contributed by atoms with E-state index in [0.29, 0.717) is 31.1 Å². The van der Waals surface area contributed by atoms with E-state index >= 15 is 0 Å². The van der Waals surface area contributed by atoms with Gasteiger partial charge in [-0.2, -0.15) is 16.5 Å². The first-order chi connectivity index (χ1) is 15.9. The lowest BCUT2D eigenvalue weighted by atomic mass is 10.1. The van der Waals surface area contributed by atoms with Gasteiger partial charge in [-0.25, -0.2) is 8.42 Å². The Morgan fingerprint density at radius 2 is 1.91 bits per heavy atom. The number of hydrogen-bond donors (Lipinski definition) is 2. The van der Waals surface area contributed by atoms with Gasteiger partial charge in [-0.1, -0.05) is 30.3 Å². The van der Waals surface area contributed by atoms with Gasteiger partial charge in [0.05, 0.1) is 13.2 Å². The minimum Gasteiger partial charge on any atom is -0.378 e. The molecule has 178 valence electrons. The Labute approximate surface area is 200 Å². The molecule has 2 aromatic rings. The molecule has 0 radical (unpaired) electrons. The van der Waals surface area contributed by atoms with Crippen molar-refractivity contribution < 1.29 is 17.9 Å². The summed E-state index contributed by atoms with van der Waals surface area (Å²) in [6, 6.07) is 14.2. The number of rotatable bonds is 10. The van der Waals surface area contributed by atoms with E-state index in [1.54, 1.807) is 11.8 Å². The summed E-state index contributed by atoms with van der Waals surface area (Å²) in [5.74, 6) is 0.278. The first-order valence-electron chi connectivity index (χ1n) is 10.9. The standard InChI is InChI=1S/C24H31N3O4S2/c1-19-18-21(27-12-14-31-15-13-27)8-9-22(19)25-24(28)23(10-16-32-2)26-33(29,30)17-11-20-6-4-3-5-7-20/h3-9,11,17-18,23,26H,10,12-16H2,1-2H3,(H,25,28). The molecule has 1 fully saturated rings. The fourth-order valence-electron chi connectivity index (χ4n) is 3.48. The number of morpholine rings is 1. The number of carbonyl (C=O) groups is 1. The number of amides is 1. The number of anilines is 2. The Morgan fingerprint density at radius 3 is 2.58 bits per heavy atom. The van der Waals surface area contributed by atoms with Crippen molar-refractivity contribution >= 4 is 45.1 Å². The number of aryl methyl sites for hydroxylation is 1. The summed E-state index contributed by atoms with van der Waals surface area (Å²) in [7, 11) is -3.80. The Kier molecular flexibility index (Phi) is 9.37. The summed E-state index contributed by atoms with van der Waals surface area (Å²) in [6.07, 6.45) is 3.82. The van der Waals surface area contributed by atoms with Crippen LogP contribution in [0.4, 0.5) is 11.4 Å². The number of hydrogen-bond acceptors (Lipinski definition) is 6. The summed E-state index contributed by atoms with van der Waals surface area (Å²) >= 11 is 1.56. The highest BCUT2D eigenvalue weighted by molar-refractivity contribution is 7.98. The molecule has 7 nitrogen and oxygen atoms in total. The molecule has 0 spiro atoms. The van der Waals surface area contributed by atoms with Gasteiger partial charge in [-0.3, -0.25) is 4.79 Å². The van der Waals surface area contributed by atoms with Gasteiger partial charge in [0.25, 0.3) is 0 Å². The van der Waals surface area contributed by atoms with Crippen molar-refractivity contribution in [1.82, 2.24) is 4.72 Å². The number of ether oxygens (including phenoxy) is 1. The highest BCUT2D eigenvalue weighted by Gasteiger charge is 2.23. The van der Waals surface area contributed by atoms with Crippen LogP contribution in [0.3, 0.4) is 0 Å². The predicted octanol–water partition coefficient (Wildman–Crippen LogP) is 3.48. The van der Waals surface area contributed by atoms with Crippen LogP contribution >= 0.6 is 11.8 Å². The molecular weight excluding hydrogens is 458 g/mol. The third-order valence-electron chi connectivity index (χ3n) is 5.32. The molecule has 1 amide bonds. The zero-order valence-corrected chi connectivity index (χ0v) is 20.6. The maximum atomic E-state index is 13.0. The van der Waals surface area contributed by atoms with E-state index < -0.39 is 16.1 Å². The number of carbonyl (C=O) groups excluding carboxylic acids is 1. The maximum Gasteiger partial charge on any atom is 0.242 e. The van der Waals surface area contributed by atoms with Gasteiger partial charge in [0, 0.05) is 29.9 Å². The van der Waals surface area contributed by atoms with Crippen molar-refractivity contribution in [2.45, 2.75) is 19.4 Å². The van der Waals surface area contributed by atoms with Crippen LogP contribution in [0.25, 0.3) is 6.08 Å². The summed E-state index contributed by atoms with van der Waals surface area (Å²) < 4.78 is 33.2. The molecule has 2 N–H and O–H groups in total. The topological polar surface area (TPSA) is 87.7 Å². The molecular formula is C24H31N3O4S2. The van der Waals surface area contributed by atoms with Crippen LogP contribution in [-0.4, -0.2) is 58.7 Å². The van der Waals surface area contributed by atoms with E-state index in [9.17, 15) is 13.2 Å². The van der Waals surface area contributed by atoms with Crippen molar-refractivity contribution in [2.24, 2.45) is 0 Å². The molecule has 1 atom stereocenters. The number of sulfonamides is 1. The minimum absolute atomic E-state index is 0.372. The van der Waals surface area contributed by atoms with Gasteiger partial charge in [-0.15, -0.1) is 0 Å². The predicted molar refractivity (Wildman–Crippen MR) is 137 cm³/mol. The summed E-state index contributed by atoms with van der Waals surface area (Å²) in [6.45, 7) is 5.00. The largest absolute Gasteiger partial charge is 0.378 e. The molecule has 0 aliphatic carbocycles. The smallest absolute Gasteiger partial charge is 0.242 e. The van der Waals surface area contributed by atoms with E-state index in [1.807, 2.05) is 61.7 Å². The monoisotopic (exact) mass is 489 g/mol. The highest BCUT2D eigenvalue weighted by Crippen LogP contribution is 2.24. The molecule has 1 aliphatic rings. The van der Waals surface area contributed by atoms with Crippen LogP contribution in [0.5, 0.6) is 0 Å². The van der Waals surface area contributed by atoms with Crippen LogP contribution in [0.1, 0.15) is 17.5 Å². The van der Waals surface area contributed by atoms with E-state index in [2.05, 4.69) is 14.9 Å². The SMILES string of the molecule is CSCCC(NS(=O)(=O)C=Cc1ccccc1)C(=O)Nc1ccc(N2CCOCC2)cc1C. The third-order valence-corrected chi connectivity index (χ3v) is 7.07. The van der Waals surface area contributed by atoms with Crippen LogP contribution in [0.15, 0.2) is 53.9 Å². The van der Waals surface area contributed by atoms with E-state index in [-0.39, 0.29) is 5.91 Å². The van der Waals surface area contributed by atoms with Gasteiger partial charge in [0.2, 0.25) is 15.9 Å². The molecule has 3 rings (SSSR count). The van der Waals surface area contributed by atoms with Crippen molar-refractivity contribution in [3.63, 3.8) is 0 Å². The van der Waals surface area contributed by atoms with Gasteiger partial charge in [-0.05, 0) is 60.8 Å². The second kappa shape index (κ2) is 12.2. The Balaban J connectivity index is 1.69. The fraction of sp³-hybridized carbons (Fsp3) is 0.375. The van der Waals surface area contributed by atoms with Gasteiger partial charge < -0.3 is 15.0 Å². The van der Waals surface area contributed by atoms with Crippen LogP contribution < -0.4 is 14.9 Å². The van der Waals surface area contributed by atoms with Gasteiger partial charge in [0.15, 0.2) is 0 Å². The second-order valence-corrected chi connectivity index (χ2v) is 10.4. The summed E-state index contributed by atoms with van der Waals surface area (Å²) in [5.41, 5.74) is 3.44. The van der Waals surface area contributed by atoms with Crippen LogP contribution in [0, 0.1) is 6.92 Å². The first kappa shape index (κ1) is 25.3. The quantitative estimate of drug-likeness (QED) is 0.531. The summed E-state index contributed by atoms with van der Waals surface area (Å²) in [4.78, 5) is 15.3. The lowest BCUT2D eigenvalue weighted by Gasteiger charge is -2.29. The molecule has 1 saturated heterocycles. The van der Waals surface area contributed by atoms with E-state index in [0.717, 1.165) is 35.3 Å². The van der Waals surface area contributed by atoms with E-state index in [1.165, 1.54) is 6.08 Å². The molecule has 0 aromatic heterocycles. The Morgan fingerprint density at radius 1 is 1.18 bits per heavy atom. The molecule has 2 aromatic carbocycles. The van der Waals surface area contributed by atoms with Crippen molar-refractivity contribution in [1.29, 1.82) is 0 Å². The first-order valence-corrected chi connectivity index (χ1v) is 13.8. The van der Waals surface area contributed by atoms with Crippen LogP contribution in [-0.2, 0) is 19.6 Å². The lowest BCUT2D eigenvalue weighted by Crippen LogP contribution is -2.43. The molecule has 1 heterocycles. The number of nitrogens with one attached hydrogen (secondary N) is 2. The number of nitrogens with zero attached hydrogens (tertiary/aromatic N) is 1. The third kappa shape index (κ3) is 7.89. The van der Waals surface area contributed by atoms with Crippen molar-refractivity contribution in [3.8, 4) is 0 Å². The fourth-order valence-corrected chi connectivity index (χ4v) is 4.98. The van der Waals surface area contributed by atoms with Gasteiger partial charge >= 0.3 is 0 Å². The van der Waals surface area contributed by atoms with Crippen molar-refractivity contribution in [2.75, 3.05) is 48.5 Å². The normalized spacial score (nSPS) is 15.5. The molecule has 9 heteroatoms. The molecule has 1 unspecified atom stereocenters. The summed E-state index contributed by atoms with van der Waals surface area (Å²) in [5, 5.41) is 4.00. The number of benzene rings is 2. The van der Waals surface area contributed by atoms with Gasteiger partial charge in [0.1, 0.15) is 6.04 Å². The average Bonchev–Trinajstić information content (AvgIpc) is 2.83. The van der Waals surface area contributed by atoms with E-state index in [4.69, 9.17) is 4.74 Å². The second-order valence-electron chi connectivity index (χ2n) is 7.80. The number of thioether (sulfide) groups is 1. The van der Waals surface area contributed by atoms with Crippen molar-refractivity contribution in [3.05, 3.63) is 65.1 Å². The maximum absolute atomic E-state index is 13.0. The molecule has 33 heavy (non-hydrogen) atoms. The Hall–Kier alpha value is -2.33. The molecule has 1 aliphatic heterocycles. The molecule has 0 saturated carbocycles. The van der Waals surface area contributed by atoms with Crippen LogP contribution in [0.2, 0.25) is 0 Å². The Bertz CT molecular complexity index is 1050. The highest BCUT2D eigenvalue weighted by atomic mass is 32.2. The zero-order chi connectivity index (χ0) is 23.7. The minimum atomic E-state index is -3.80. The zero-order valence-electron chi connectivity index (χ0n) is 19.0. The molecule has 0 bridgehead atoms.